The fourth-order valence-corrected chi connectivity index (χ4v) is 0.712. The highest BCUT2D eigenvalue weighted by atomic mass is 16.5. The van der Waals surface area contributed by atoms with Crippen molar-refractivity contribution in [3.8, 4) is 0 Å². The van der Waals surface area contributed by atoms with E-state index in [0.29, 0.717) is 6.54 Å². The van der Waals surface area contributed by atoms with Crippen LogP contribution in [0.25, 0.3) is 0 Å². The largest absolute Gasteiger partial charge is 0.469 e. The predicted molar refractivity (Wildman–Crippen MR) is 48.7 cm³/mol. The van der Waals surface area contributed by atoms with Gasteiger partial charge in [0.15, 0.2) is 0 Å². The van der Waals surface area contributed by atoms with Crippen LogP contribution >= 0.6 is 0 Å². The van der Waals surface area contributed by atoms with Crippen LogP contribution in [0, 0.1) is 18.8 Å². The summed E-state index contributed by atoms with van der Waals surface area (Å²) in [5, 5.41) is 2.59. The molecule has 4 heteroatoms. The Kier molecular flexibility index (Phi) is 5.11. The van der Waals surface area contributed by atoms with Crippen LogP contribution in [0.1, 0.15) is 13.8 Å². The SMILES string of the molecule is [CH2]C(C)C(=O)NCC(C)C(=O)OC. The fourth-order valence-electron chi connectivity index (χ4n) is 0.712. The Balaban J connectivity index is 3.76. The molecule has 4 nitrogen and oxygen atoms in total. The predicted octanol–water partition coefficient (Wildman–Crippen LogP) is 0.382. The number of nitrogens with one attached hydrogen (secondary N) is 1. The second kappa shape index (κ2) is 5.56. The third kappa shape index (κ3) is 4.50. The molecule has 2 unspecified atom stereocenters. The molecule has 0 saturated heterocycles. The standard InChI is InChI=1S/C9H16NO3/c1-6(2)8(11)10-5-7(3)9(12)13-4/h6-7H,1,5H2,2-4H3,(H,10,11). The lowest BCUT2D eigenvalue weighted by Crippen LogP contribution is -2.34. The van der Waals surface area contributed by atoms with Crippen molar-refractivity contribution < 1.29 is 14.3 Å². The van der Waals surface area contributed by atoms with Gasteiger partial charge in [0.25, 0.3) is 0 Å². The second-order valence-corrected chi connectivity index (χ2v) is 3.07. The van der Waals surface area contributed by atoms with Gasteiger partial charge in [-0.1, -0.05) is 13.8 Å². The maximum atomic E-state index is 11.0. The molecule has 0 aliphatic carbocycles. The molecule has 0 saturated carbocycles. The third-order valence-electron chi connectivity index (χ3n) is 1.63. The summed E-state index contributed by atoms with van der Waals surface area (Å²) in [5.74, 6) is -1.09. The van der Waals surface area contributed by atoms with E-state index in [0.717, 1.165) is 0 Å². The lowest BCUT2D eigenvalue weighted by Gasteiger charge is -2.11. The number of hydrogen-bond donors (Lipinski definition) is 1. The summed E-state index contributed by atoms with van der Waals surface area (Å²) in [5.41, 5.74) is 0. The first-order valence-electron chi connectivity index (χ1n) is 4.17. The molecule has 0 aromatic rings. The minimum absolute atomic E-state index is 0.157. The van der Waals surface area contributed by atoms with E-state index in [9.17, 15) is 9.59 Å². The van der Waals surface area contributed by atoms with E-state index in [1.54, 1.807) is 13.8 Å². The molecule has 0 fully saturated rings. The minimum Gasteiger partial charge on any atom is -0.469 e. The molecule has 1 amide bonds. The van der Waals surface area contributed by atoms with Crippen molar-refractivity contribution in [2.24, 2.45) is 11.8 Å². The summed E-state index contributed by atoms with van der Waals surface area (Å²) in [4.78, 5) is 21.9. The number of amides is 1. The van der Waals surface area contributed by atoms with Gasteiger partial charge in [-0.25, -0.2) is 0 Å². The third-order valence-corrected chi connectivity index (χ3v) is 1.63. The van der Waals surface area contributed by atoms with Crippen molar-refractivity contribution in [3.63, 3.8) is 0 Å². The smallest absolute Gasteiger partial charge is 0.310 e. The Morgan fingerprint density at radius 2 is 2.00 bits per heavy atom. The molecular formula is C9H16NO3. The molecule has 0 bridgehead atoms. The summed E-state index contributed by atoms with van der Waals surface area (Å²) < 4.78 is 4.50. The molecule has 0 aliphatic rings. The van der Waals surface area contributed by atoms with Crippen LogP contribution in [0.5, 0.6) is 0 Å². The first kappa shape index (κ1) is 11.9. The highest BCUT2D eigenvalue weighted by Gasteiger charge is 2.14. The average Bonchev–Trinajstić information content (AvgIpc) is 2.11. The summed E-state index contributed by atoms with van der Waals surface area (Å²) in [7, 11) is 1.32. The minimum atomic E-state index is -0.322. The Morgan fingerprint density at radius 1 is 1.46 bits per heavy atom. The van der Waals surface area contributed by atoms with Gasteiger partial charge in [-0.15, -0.1) is 0 Å². The Morgan fingerprint density at radius 3 is 2.38 bits per heavy atom. The molecule has 0 aromatic carbocycles. The van der Waals surface area contributed by atoms with E-state index in [1.165, 1.54) is 7.11 Å². The number of rotatable bonds is 4. The van der Waals surface area contributed by atoms with Crippen LogP contribution in [0.3, 0.4) is 0 Å². The maximum Gasteiger partial charge on any atom is 0.310 e. The number of ether oxygens (including phenoxy) is 1. The molecule has 1 radical (unpaired) electrons. The molecule has 0 aromatic heterocycles. The van der Waals surface area contributed by atoms with Crippen LogP contribution in [0.2, 0.25) is 0 Å². The number of esters is 1. The highest BCUT2D eigenvalue weighted by molar-refractivity contribution is 5.79. The van der Waals surface area contributed by atoms with Crippen molar-refractivity contribution in [2.45, 2.75) is 13.8 Å². The Labute approximate surface area is 78.6 Å². The van der Waals surface area contributed by atoms with Crippen LogP contribution in [-0.4, -0.2) is 25.5 Å². The van der Waals surface area contributed by atoms with Gasteiger partial charge in [-0.2, -0.15) is 0 Å². The zero-order chi connectivity index (χ0) is 10.4. The maximum absolute atomic E-state index is 11.0. The second-order valence-electron chi connectivity index (χ2n) is 3.07. The van der Waals surface area contributed by atoms with Gasteiger partial charge < -0.3 is 10.1 Å². The first-order chi connectivity index (χ1) is 5.99. The molecule has 13 heavy (non-hydrogen) atoms. The van der Waals surface area contributed by atoms with Crippen molar-refractivity contribution in [3.05, 3.63) is 6.92 Å². The molecule has 0 rings (SSSR count). The summed E-state index contributed by atoms with van der Waals surface area (Å²) in [6.45, 7) is 7.24. The van der Waals surface area contributed by atoms with Crippen molar-refractivity contribution in [1.82, 2.24) is 5.32 Å². The van der Waals surface area contributed by atoms with Crippen LogP contribution in [0.15, 0.2) is 0 Å². The summed E-state index contributed by atoms with van der Waals surface area (Å²) in [6, 6.07) is 0. The van der Waals surface area contributed by atoms with E-state index >= 15 is 0 Å². The van der Waals surface area contributed by atoms with Crippen LogP contribution in [-0.2, 0) is 14.3 Å². The van der Waals surface area contributed by atoms with Gasteiger partial charge in [0.2, 0.25) is 5.91 Å². The molecule has 0 spiro atoms. The quantitative estimate of drug-likeness (QED) is 0.646. The number of methoxy groups -OCH3 is 1. The fraction of sp³-hybridized carbons (Fsp3) is 0.667. The normalized spacial score (nSPS) is 12.4. The van der Waals surface area contributed by atoms with Gasteiger partial charge in [0.05, 0.1) is 13.0 Å². The topological polar surface area (TPSA) is 55.4 Å². The van der Waals surface area contributed by atoms with E-state index < -0.39 is 0 Å². The van der Waals surface area contributed by atoms with E-state index in [-0.39, 0.29) is 23.7 Å². The molecule has 75 valence electrons. The Bertz CT molecular complexity index is 189. The van der Waals surface area contributed by atoms with E-state index in [2.05, 4.69) is 17.0 Å². The monoisotopic (exact) mass is 186 g/mol. The lowest BCUT2D eigenvalue weighted by molar-refractivity contribution is -0.144. The zero-order valence-electron chi connectivity index (χ0n) is 8.29. The van der Waals surface area contributed by atoms with Gasteiger partial charge in [0.1, 0.15) is 0 Å². The van der Waals surface area contributed by atoms with E-state index in [1.807, 2.05) is 0 Å². The van der Waals surface area contributed by atoms with Crippen molar-refractivity contribution in [1.29, 1.82) is 0 Å². The number of carbonyl (C=O) groups is 2. The highest BCUT2D eigenvalue weighted by Crippen LogP contribution is 1.97. The van der Waals surface area contributed by atoms with Gasteiger partial charge in [-0.05, 0) is 6.92 Å². The van der Waals surface area contributed by atoms with E-state index in [4.69, 9.17) is 0 Å². The number of carbonyl (C=O) groups excluding carboxylic acids is 2. The van der Waals surface area contributed by atoms with Crippen LogP contribution in [0.4, 0.5) is 0 Å². The Hall–Kier alpha value is -1.06. The molecule has 0 heterocycles. The van der Waals surface area contributed by atoms with Gasteiger partial charge >= 0.3 is 5.97 Å². The van der Waals surface area contributed by atoms with Crippen molar-refractivity contribution in [2.75, 3.05) is 13.7 Å². The number of hydrogen-bond acceptors (Lipinski definition) is 3. The first-order valence-corrected chi connectivity index (χ1v) is 4.17. The van der Waals surface area contributed by atoms with Gasteiger partial charge in [-0.3, -0.25) is 9.59 Å². The summed E-state index contributed by atoms with van der Waals surface area (Å²) >= 11 is 0. The summed E-state index contributed by atoms with van der Waals surface area (Å²) in [6.07, 6.45) is 0. The van der Waals surface area contributed by atoms with Gasteiger partial charge in [0, 0.05) is 12.5 Å². The zero-order valence-corrected chi connectivity index (χ0v) is 8.29. The van der Waals surface area contributed by atoms with Crippen molar-refractivity contribution >= 4 is 11.9 Å². The molecule has 2 atom stereocenters. The molecular weight excluding hydrogens is 170 g/mol. The molecule has 0 aliphatic heterocycles. The average molecular weight is 186 g/mol. The molecule has 1 N–H and O–H groups in total. The lowest BCUT2D eigenvalue weighted by atomic mass is 10.1. The van der Waals surface area contributed by atoms with Crippen LogP contribution < -0.4 is 5.32 Å².